The van der Waals surface area contributed by atoms with Crippen LogP contribution in [0.3, 0.4) is 0 Å². The number of carboxylic acids is 1. The molecule has 0 radical (unpaired) electrons. The molecule has 0 aliphatic heterocycles. The largest absolute Gasteiger partial charge is 0.481 e. The number of carbonyl (C=O) groups is 2. The molecule has 5 nitrogen and oxygen atoms in total. The molecule has 0 saturated heterocycles. The summed E-state index contributed by atoms with van der Waals surface area (Å²) in [6.45, 7) is 3.38. The van der Waals surface area contributed by atoms with Crippen molar-refractivity contribution in [2.45, 2.75) is 122 Å². The van der Waals surface area contributed by atoms with Gasteiger partial charge in [0, 0.05) is 19.5 Å². The van der Waals surface area contributed by atoms with Gasteiger partial charge in [-0.15, -0.1) is 0 Å². The maximum absolute atomic E-state index is 11.5. The second kappa shape index (κ2) is 22.0. The number of rotatable bonds is 21. The average Bonchev–Trinajstić information content (AvgIpc) is 2.67. The number of nitrogens with one attached hydrogen (secondary N) is 2. The third-order valence-electron chi connectivity index (χ3n) is 5.17. The fraction of sp³-hybridized carbons (Fsp3) is 0.913. The Morgan fingerprint density at radius 3 is 1.32 bits per heavy atom. The Bertz CT molecular complexity index is 362. The van der Waals surface area contributed by atoms with E-state index in [1.165, 1.54) is 89.9 Å². The van der Waals surface area contributed by atoms with Crippen LogP contribution in [-0.2, 0) is 4.79 Å². The molecule has 0 aromatic carbocycles. The first kappa shape index (κ1) is 26.7. The zero-order chi connectivity index (χ0) is 20.7. The molecule has 0 fully saturated rings. The Morgan fingerprint density at radius 1 is 0.571 bits per heavy atom. The van der Waals surface area contributed by atoms with Gasteiger partial charge in [-0.05, 0) is 12.8 Å². The fourth-order valence-corrected chi connectivity index (χ4v) is 3.38. The molecular formula is C23H46N2O3. The van der Waals surface area contributed by atoms with Crippen LogP contribution < -0.4 is 10.6 Å². The van der Waals surface area contributed by atoms with Crippen LogP contribution in [0.15, 0.2) is 0 Å². The zero-order valence-corrected chi connectivity index (χ0v) is 18.4. The van der Waals surface area contributed by atoms with Crippen LogP contribution in [-0.4, -0.2) is 30.2 Å². The van der Waals surface area contributed by atoms with Crippen molar-refractivity contribution in [2.75, 3.05) is 13.1 Å². The average molecular weight is 399 g/mol. The molecule has 0 aromatic heterocycles. The number of amides is 2. The van der Waals surface area contributed by atoms with E-state index < -0.39 is 5.97 Å². The molecule has 0 bridgehead atoms. The molecule has 0 aliphatic carbocycles. The van der Waals surface area contributed by atoms with Crippen LogP contribution in [0.5, 0.6) is 0 Å². The van der Waals surface area contributed by atoms with Gasteiger partial charge < -0.3 is 15.7 Å². The second-order valence-corrected chi connectivity index (χ2v) is 7.98. The summed E-state index contributed by atoms with van der Waals surface area (Å²) in [6.07, 6.45) is 22.1. The number of hydrogen-bond acceptors (Lipinski definition) is 2. The highest BCUT2D eigenvalue weighted by atomic mass is 16.4. The van der Waals surface area contributed by atoms with Crippen LogP contribution in [0.4, 0.5) is 4.79 Å². The van der Waals surface area contributed by atoms with Gasteiger partial charge in [0.15, 0.2) is 0 Å². The number of hydrogen-bond donors (Lipinski definition) is 3. The highest BCUT2D eigenvalue weighted by Crippen LogP contribution is 2.13. The Labute approximate surface area is 173 Å². The van der Waals surface area contributed by atoms with Crippen LogP contribution in [0.2, 0.25) is 0 Å². The SMILES string of the molecule is CCCCCCCCCCCCCCCCCCNC(=O)NCCCC(=O)O. The first-order valence-corrected chi connectivity index (χ1v) is 11.9. The highest BCUT2D eigenvalue weighted by molar-refractivity contribution is 5.73. The monoisotopic (exact) mass is 398 g/mol. The van der Waals surface area contributed by atoms with Crippen molar-refractivity contribution in [2.24, 2.45) is 0 Å². The van der Waals surface area contributed by atoms with Crippen LogP contribution in [0.1, 0.15) is 122 Å². The van der Waals surface area contributed by atoms with Crippen LogP contribution >= 0.6 is 0 Å². The molecule has 0 aliphatic rings. The van der Waals surface area contributed by atoms with E-state index in [1.807, 2.05) is 0 Å². The molecule has 0 spiro atoms. The predicted molar refractivity (Wildman–Crippen MR) is 118 cm³/mol. The van der Waals surface area contributed by atoms with Crippen molar-refractivity contribution >= 4 is 12.0 Å². The lowest BCUT2D eigenvalue weighted by atomic mass is 10.0. The Morgan fingerprint density at radius 2 is 0.929 bits per heavy atom. The first-order valence-electron chi connectivity index (χ1n) is 11.9. The molecule has 0 saturated carbocycles. The lowest BCUT2D eigenvalue weighted by Gasteiger charge is -2.07. The molecule has 0 aromatic rings. The van der Waals surface area contributed by atoms with Gasteiger partial charge >= 0.3 is 12.0 Å². The lowest BCUT2D eigenvalue weighted by molar-refractivity contribution is -0.137. The van der Waals surface area contributed by atoms with Crippen molar-refractivity contribution in [1.29, 1.82) is 0 Å². The summed E-state index contributed by atoms with van der Waals surface area (Å²) in [5.74, 6) is -0.824. The quantitative estimate of drug-likeness (QED) is 0.195. The van der Waals surface area contributed by atoms with Gasteiger partial charge in [-0.2, -0.15) is 0 Å². The van der Waals surface area contributed by atoms with E-state index in [2.05, 4.69) is 17.6 Å². The summed E-state index contributed by atoms with van der Waals surface area (Å²) in [5, 5.41) is 14.0. The third kappa shape index (κ3) is 22.8. The summed E-state index contributed by atoms with van der Waals surface area (Å²) in [6, 6.07) is -0.189. The number of urea groups is 1. The van der Waals surface area contributed by atoms with Gasteiger partial charge in [0.1, 0.15) is 0 Å². The second-order valence-electron chi connectivity index (χ2n) is 7.98. The third-order valence-corrected chi connectivity index (χ3v) is 5.17. The number of carboxylic acid groups (broad SMARTS) is 1. The molecule has 0 heterocycles. The molecule has 2 amide bonds. The van der Waals surface area contributed by atoms with Crippen molar-refractivity contribution in [3.63, 3.8) is 0 Å². The van der Waals surface area contributed by atoms with E-state index in [4.69, 9.17) is 5.11 Å². The van der Waals surface area contributed by atoms with Gasteiger partial charge in [0.25, 0.3) is 0 Å². The maximum Gasteiger partial charge on any atom is 0.314 e. The van der Waals surface area contributed by atoms with Gasteiger partial charge in [-0.3, -0.25) is 4.79 Å². The summed E-state index contributed by atoms with van der Waals surface area (Å²) >= 11 is 0. The molecule has 28 heavy (non-hydrogen) atoms. The summed E-state index contributed by atoms with van der Waals surface area (Å²) in [7, 11) is 0. The highest BCUT2D eigenvalue weighted by Gasteiger charge is 2.00. The predicted octanol–water partition coefficient (Wildman–Crippen LogP) is 6.41. The molecule has 0 unspecified atom stereocenters. The Balaban J connectivity index is 3.11. The molecule has 0 rings (SSSR count). The minimum Gasteiger partial charge on any atom is -0.481 e. The van der Waals surface area contributed by atoms with Crippen molar-refractivity contribution in [3.05, 3.63) is 0 Å². The Kier molecular flexibility index (Phi) is 21.0. The Hall–Kier alpha value is -1.26. The van der Waals surface area contributed by atoms with Crippen molar-refractivity contribution < 1.29 is 14.7 Å². The summed E-state index contributed by atoms with van der Waals surface area (Å²) in [5.41, 5.74) is 0. The standard InChI is InChI=1S/C23H46N2O3/c1-2-3-4-5-6-7-8-9-10-11-12-13-14-15-16-17-20-24-23(28)25-21-18-19-22(26)27/h2-21H2,1H3,(H,26,27)(H2,24,25,28). The van der Waals surface area contributed by atoms with E-state index in [0.717, 1.165) is 12.8 Å². The zero-order valence-electron chi connectivity index (χ0n) is 18.4. The van der Waals surface area contributed by atoms with Gasteiger partial charge in [0.2, 0.25) is 0 Å². The molecule has 0 atom stereocenters. The van der Waals surface area contributed by atoms with Crippen molar-refractivity contribution in [3.8, 4) is 0 Å². The molecular weight excluding hydrogens is 352 g/mol. The van der Waals surface area contributed by atoms with Crippen molar-refractivity contribution in [1.82, 2.24) is 10.6 Å². The van der Waals surface area contributed by atoms with Crippen LogP contribution in [0, 0.1) is 0 Å². The van der Waals surface area contributed by atoms with E-state index in [0.29, 0.717) is 19.5 Å². The van der Waals surface area contributed by atoms with E-state index in [-0.39, 0.29) is 12.5 Å². The summed E-state index contributed by atoms with van der Waals surface area (Å²) in [4.78, 5) is 21.8. The van der Waals surface area contributed by atoms with Crippen LogP contribution in [0.25, 0.3) is 0 Å². The molecule has 166 valence electrons. The topological polar surface area (TPSA) is 78.4 Å². The number of carbonyl (C=O) groups excluding carboxylic acids is 1. The fourth-order valence-electron chi connectivity index (χ4n) is 3.38. The first-order chi connectivity index (χ1) is 13.7. The minimum atomic E-state index is -0.824. The van der Waals surface area contributed by atoms with Gasteiger partial charge in [-0.25, -0.2) is 4.79 Å². The van der Waals surface area contributed by atoms with Gasteiger partial charge in [0.05, 0.1) is 0 Å². The maximum atomic E-state index is 11.5. The van der Waals surface area contributed by atoms with Gasteiger partial charge in [-0.1, -0.05) is 103 Å². The van der Waals surface area contributed by atoms with E-state index in [1.54, 1.807) is 0 Å². The molecule has 3 N–H and O–H groups in total. The number of aliphatic carboxylic acids is 1. The minimum absolute atomic E-state index is 0.0966. The smallest absolute Gasteiger partial charge is 0.314 e. The lowest BCUT2D eigenvalue weighted by Crippen LogP contribution is -2.36. The van der Waals surface area contributed by atoms with E-state index in [9.17, 15) is 9.59 Å². The normalized spacial score (nSPS) is 10.8. The molecule has 5 heteroatoms. The van der Waals surface area contributed by atoms with E-state index >= 15 is 0 Å². The number of unbranched alkanes of at least 4 members (excludes halogenated alkanes) is 15. The summed E-state index contributed by atoms with van der Waals surface area (Å²) < 4.78 is 0.